The number of allylic oxidation sites excluding steroid dienone is 2. The van der Waals surface area contributed by atoms with Crippen molar-refractivity contribution in [2.75, 3.05) is 0 Å². The molecule has 0 heterocycles. The molecule has 4 rings (SSSR count). The average Bonchev–Trinajstić information content (AvgIpc) is 2.78. The van der Waals surface area contributed by atoms with E-state index in [2.05, 4.69) is 11.7 Å². The maximum absolute atomic E-state index is 15.3. The number of benzene rings is 3. The summed E-state index contributed by atoms with van der Waals surface area (Å²) in [7, 11) is 0. The van der Waals surface area contributed by atoms with Crippen LogP contribution in [0.4, 0.5) is 26.3 Å². The van der Waals surface area contributed by atoms with Crippen LogP contribution in [0.25, 0.3) is 16.7 Å². The first-order valence-corrected chi connectivity index (χ1v) is 11.0. The fourth-order valence-electron chi connectivity index (χ4n) is 4.21. The van der Waals surface area contributed by atoms with Gasteiger partial charge in [0.15, 0.2) is 11.6 Å². The Balaban J connectivity index is 1.58. The molecule has 0 N–H and O–H groups in total. The van der Waals surface area contributed by atoms with E-state index >= 15 is 4.39 Å². The zero-order chi connectivity index (χ0) is 24.5. The third-order valence-electron chi connectivity index (χ3n) is 5.94. The van der Waals surface area contributed by atoms with Gasteiger partial charge in [-0.15, -0.1) is 13.2 Å². The van der Waals surface area contributed by atoms with Crippen LogP contribution in [0.3, 0.4) is 0 Å². The van der Waals surface area contributed by atoms with Gasteiger partial charge in [0.05, 0.1) is 0 Å². The van der Waals surface area contributed by atoms with Crippen LogP contribution in [0.2, 0.25) is 0 Å². The molecule has 0 radical (unpaired) electrons. The summed E-state index contributed by atoms with van der Waals surface area (Å²) < 4.78 is 84.9. The fourth-order valence-corrected chi connectivity index (χ4v) is 4.21. The van der Waals surface area contributed by atoms with E-state index in [1.165, 1.54) is 12.1 Å². The summed E-state index contributed by atoms with van der Waals surface area (Å²) in [6.45, 7) is 2.08. The molecule has 178 valence electrons. The molecule has 3 aromatic carbocycles. The molecule has 0 amide bonds. The first-order chi connectivity index (χ1) is 16.2. The highest BCUT2D eigenvalue weighted by atomic mass is 19.4. The van der Waals surface area contributed by atoms with Crippen molar-refractivity contribution < 1.29 is 31.1 Å². The highest BCUT2D eigenvalue weighted by Gasteiger charge is 2.32. The largest absolute Gasteiger partial charge is 0.573 e. The SMILES string of the molecule is CCCCc1ccc(C2=CCc3c(ccc(-c4ccc(OC(F)(F)F)c(F)c4)c3F)C2)c(F)c1. The summed E-state index contributed by atoms with van der Waals surface area (Å²) in [6, 6.07) is 11.2. The summed E-state index contributed by atoms with van der Waals surface area (Å²) in [5, 5.41) is 0. The number of hydrogen-bond donors (Lipinski definition) is 0. The second-order valence-electron chi connectivity index (χ2n) is 8.29. The summed E-state index contributed by atoms with van der Waals surface area (Å²) in [4.78, 5) is 0. The van der Waals surface area contributed by atoms with Gasteiger partial charge in [-0.1, -0.05) is 49.8 Å². The van der Waals surface area contributed by atoms with Gasteiger partial charge < -0.3 is 4.74 Å². The zero-order valence-electron chi connectivity index (χ0n) is 18.4. The molecule has 0 atom stereocenters. The number of ether oxygens (including phenoxy) is 1. The number of halogens is 6. The second-order valence-corrected chi connectivity index (χ2v) is 8.29. The monoisotopic (exact) mass is 476 g/mol. The van der Waals surface area contributed by atoms with Gasteiger partial charge in [0.2, 0.25) is 0 Å². The van der Waals surface area contributed by atoms with E-state index in [4.69, 9.17) is 0 Å². The van der Waals surface area contributed by atoms with E-state index < -0.39 is 23.7 Å². The highest BCUT2D eigenvalue weighted by Crippen LogP contribution is 2.36. The first kappa shape index (κ1) is 23.9. The van der Waals surface area contributed by atoms with Gasteiger partial charge in [0.25, 0.3) is 0 Å². The Kier molecular flexibility index (Phi) is 6.73. The molecule has 34 heavy (non-hydrogen) atoms. The van der Waals surface area contributed by atoms with Gasteiger partial charge in [-0.25, -0.2) is 13.2 Å². The predicted molar refractivity (Wildman–Crippen MR) is 119 cm³/mol. The lowest BCUT2D eigenvalue weighted by molar-refractivity contribution is -0.275. The quantitative estimate of drug-likeness (QED) is 0.326. The first-order valence-electron chi connectivity index (χ1n) is 11.0. The molecule has 0 saturated heterocycles. The molecule has 1 nitrogen and oxygen atoms in total. The number of unbranched alkanes of at least 4 members (excludes halogenated alkanes) is 1. The van der Waals surface area contributed by atoms with Crippen molar-refractivity contribution in [1.82, 2.24) is 0 Å². The van der Waals surface area contributed by atoms with E-state index in [1.54, 1.807) is 24.3 Å². The minimum atomic E-state index is -5.03. The third kappa shape index (κ3) is 5.13. The maximum Gasteiger partial charge on any atom is 0.573 e. The minimum absolute atomic E-state index is 0.0690. The predicted octanol–water partition coefficient (Wildman–Crippen LogP) is 8.19. The van der Waals surface area contributed by atoms with Crippen molar-refractivity contribution in [2.24, 2.45) is 0 Å². The topological polar surface area (TPSA) is 9.23 Å². The lowest BCUT2D eigenvalue weighted by atomic mass is 9.85. The number of aryl methyl sites for hydroxylation is 1. The Morgan fingerprint density at radius 3 is 2.32 bits per heavy atom. The van der Waals surface area contributed by atoms with Crippen LogP contribution >= 0.6 is 0 Å². The van der Waals surface area contributed by atoms with Crippen LogP contribution in [-0.2, 0) is 19.3 Å². The Morgan fingerprint density at radius 1 is 0.882 bits per heavy atom. The third-order valence-corrected chi connectivity index (χ3v) is 5.94. The van der Waals surface area contributed by atoms with Gasteiger partial charge in [-0.2, -0.15) is 0 Å². The molecule has 7 heteroatoms. The molecule has 0 fully saturated rings. The van der Waals surface area contributed by atoms with Crippen molar-refractivity contribution >= 4 is 5.57 Å². The fraction of sp³-hybridized carbons (Fsp3) is 0.259. The molecule has 0 unspecified atom stereocenters. The lowest BCUT2D eigenvalue weighted by Crippen LogP contribution is -2.17. The molecular formula is C27H22F6O. The van der Waals surface area contributed by atoms with Crippen LogP contribution in [0.15, 0.2) is 54.6 Å². The summed E-state index contributed by atoms with van der Waals surface area (Å²) in [6.07, 6.45) is 0.130. The average molecular weight is 476 g/mol. The van der Waals surface area contributed by atoms with Crippen molar-refractivity contribution in [3.05, 3.63) is 94.3 Å². The van der Waals surface area contributed by atoms with E-state index in [0.717, 1.165) is 42.5 Å². The van der Waals surface area contributed by atoms with Crippen LogP contribution in [-0.4, -0.2) is 6.36 Å². The number of rotatable bonds is 6. The van der Waals surface area contributed by atoms with Crippen LogP contribution < -0.4 is 4.74 Å². The molecule has 3 aromatic rings. The maximum atomic E-state index is 15.3. The lowest BCUT2D eigenvalue weighted by Gasteiger charge is -2.20. The van der Waals surface area contributed by atoms with Gasteiger partial charge >= 0.3 is 6.36 Å². The molecule has 0 spiro atoms. The number of alkyl halides is 3. The smallest absolute Gasteiger partial charge is 0.403 e. The highest BCUT2D eigenvalue weighted by molar-refractivity contribution is 5.74. The molecule has 0 aromatic heterocycles. The molecule has 0 saturated carbocycles. The van der Waals surface area contributed by atoms with Gasteiger partial charge in [-0.05, 0) is 71.7 Å². The number of fused-ring (bicyclic) bond motifs is 1. The Bertz CT molecular complexity index is 1240. The summed E-state index contributed by atoms with van der Waals surface area (Å²) in [5.74, 6) is -3.11. The van der Waals surface area contributed by atoms with Crippen molar-refractivity contribution in [1.29, 1.82) is 0 Å². The van der Waals surface area contributed by atoms with E-state index in [-0.39, 0.29) is 23.4 Å². The van der Waals surface area contributed by atoms with Gasteiger partial charge in [0.1, 0.15) is 11.6 Å². The second kappa shape index (κ2) is 9.57. The zero-order valence-corrected chi connectivity index (χ0v) is 18.4. The van der Waals surface area contributed by atoms with Crippen LogP contribution in [0, 0.1) is 17.5 Å². The van der Waals surface area contributed by atoms with Crippen molar-refractivity contribution in [3.8, 4) is 16.9 Å². The summed E-state index contributed by atoms with van der Waals surface area (Å²) >= 11 is 0. The molecule has 0 bridgehead atoms. The van der Waals surface area contributed by atoms with Crippen LogP contribution in [0.1, 0.15) is 42.0 Å². The minimum Gasteiger partial charge on any atom is -0.403 e. The molecular weight excluding hydrogens is 454 g/mol. The van der Waals surface area contributed by atoms with E-state index in [0.29, 0.717) is 23.1 Å². The molecule has 1 aliphatic rings. The van der Waals surface area contributed by atoms with E-state index in [9.17, 15) is 22.0 Å². The summed E-state index contributed by atoms with van der Waals surface area (Å²) in [5.41, 5.74) is 3.43. The Morgan fingerprint density at radius 2 is 1.65 bits per heavy atom. The molecule has 0 aliphatic heterocycles. The Hall–Kier alpha value is -3.22. The normalized spacial score (nSPS) is 13.4. The molecule has 1 aliphatic carbocycles. The number of hydrogen-bond acceptors (Lipinski definition) is 1. The standard InChI is InChI=1S/C27H22F6O/c1-2-3-4-16-5-9-20(23(28)13-16)17-6-10-21-18(14-17)7-11-22(26(21)30)19-8-12-25(24(29)15-19)34-27(31,32)33/h5-9,11-13,15H,2-4,10,14H2,1H3. The Labute approximate surface area is 193 Å². The van der Waals surface area contributed by atoms with Gasteiger partial charge in [-0.3, -0.25) is 0 Å². The van der Waals surface area contributed by atoms with Crippen LogP contribution in [0.5, 0.6) is 5.75 Å². The van der Waals surface area contributed by atoms with Crippen molar-refractivity contribution in [3.63, 3.8) is 0 Å². The van der Waals surface area contributed by atoms with Gasteiger partial charge in [0, 0.05) is 11.1 Å². The van der Waals surface area contributed by atoms with E-state index in [1.807, 2.05) is 6.07 Å². The van der Waals surface area contributed by atoms with Crippen molar-refractivity contribution in [2.45, 2.75) is 45.4 Å².